The fourth-order valence-corrected chi connectivity index (χ4v) is 0.760. The minimum Gasteiger partial charge on any atom is -1.00 e. The van der Waals surface area contributed by atoms with Gasteiger partial charge < -0.3 is 28.6 Å². The molecule has 0 atom stereocenters. The second-order valence-corrected chi connectivity index (χ2v) is 2.53. The first kappa shape index (κ1) is 18.9. The van der Waals surface area contributed by atoms with Gasteiger partial charge in [0.05, 0.1) is 0 Å². The van der Waals surface area contributed by atoms with Crippen LogP contribution in [0.5, 0.6) is 0 Å². The second-order valence-electron chi connectivity index (χ2n) is 2.53. The van der Waals surface area contributed by atoms with Gasteiger partial charge in [0.1, 0.15) is 0 Å². The predicted molar refractivity (Wildman–Crippen MR) is 50.7 cm³/mol. The van der Waals surface area contributed by atoms with Crippen LogP contribution in [-0.4, -0.2) is 36.3 Å². The molecule has 0 saturated carbocycles. The Kier molecular flexibility index (Phi) is 28.5. The van der Waals surface area contributed by atoms with Crippen LogP contribution in [0.15, 0.2) is 0 Å². The number of unbranched alkanes of at least 4 members (excludes halogenated alkanes) is 2. The van der Waals surface area contributed by atoms with Crippen molar-refractivity contribution in [3.63, 3.8) is 0 Å². The summed E-state index contributed by atoms with van der Waals surface area (Å²) in [5, 5.41) is 0. The van der Waals surface area contributed by atoms with Crippen LogP contribution in [0.4, 0.5) is 0 Å². The molecule has 1 nitrogen and oxygen atoms in total. The molecule has 0 unspecified atom stereocenters. The van der Waals surface area contributed by atoms with E-state index in [0.29, 0.717) is 0 Å². The van der Waals surface area contributed by atoms with Crippen molar-refractivity contribution in [2.45, 2.75) is 39.0 Å². The molecule has 1 fully saturated rings. The Morgan fingerprint density at radius 1 is 1.25 bits per heavy atom. The second kappa shape index (κ2) is 18.1. The van der Waals surface area contributed by atoms with Crippen molar-refractivity contribution in [3.05, 3.63) is 6.92 Å². The molecule has 0 aromatic rings. The molecule has 0 aliphatic carbocycles. The fraction of sp³-hybridized carbons (Fsp3) is 0.889. The van der Waals surface area contributed by atoms with Crippen LogP contribution in [0.2, 0.25) is 0 Å². The number of hydrogen-bond donors (Lipinski definition) is 0. The van der Waals surface area contributed by atoms with Crippen molar-refractivity contribution in [1.82, 2.24) is 0 Å². The van der Waals surface area contributed by atoms with Gasteiger partial charge in [0, 0.05) is 13.2 Å². The topological polar surface area (TPSA) is 9.23 Å². The Balaban J connectivity index is -0.000000116. The van der Waals surface area contributed by atoms with Crippen molar-refractivity contribution in [3.8, 4) is 0 Å². The van der Waals surface area contributed by atoms with Gasteiger partial charge in [-0.2, -0.15) is 6.42 Å². The van der Waals surface area contributed by atoms with Crippen molar-refractivity contribution in [2.24, 2.45) is 0 Å². The van der Waals surface area contributed by atoms with Gasteiger partial charge in [0.2, 0.25) is 0 Å². The van der Waals surface area contributed by atoms with Crippen LogP contribution in [0.1, 0.15) is 39.0 Å². The van der Waals surface area contributed by atoms with Gasteiger partial charge in [-0.1, -0.05) is 19.8 Å². The summed E-state index contributed by atoms with van der Waals surface area (Å²) in [5.41, 5.74) is 0. The summed E-state index contributed by atoms with van der Waals surface area (Å²) in [6.45, 7) is 7.85. The largest absolute Gasteiger partial charge is 2.00 e. The monoisotopic (exact) mass is 246 g/mol. The van der Waals surface area contributed by atoms with Crippen molar-refractivity contribution < 1.29 is 21.7 Å². The first-order chi connectivity index (χ1) is 4.91. The van der Waals surface area contributed by atoms with E-state index < -0.39 is 0 Å². The van der Waals surface area contributed by atoms with E-state index in [2.05, 4.69) is 13.8 Å². The van der Waals surface area contributed by atoms with Gasteiger partial charge in [-0.05, 0) is 12.8 Å². The smallest absolute Gasteiger partial charge is 1.00 e. The van der Waals surface area contributed by atoms with E-state index in [-0.39, 0.29) is 40.0 Å². The van der Waals surface area contributed by atoms with Crippen molar-refractivity contribution in [2.75, 3.05) is 13.2 Å². The molecule has 0 bridgehead atoms. The van der Waals surface area contributed by atoms with E-state index in [1.807, 2.05) is 0 Å². The van der Waals surface area contributed by atoms with Crippen LogP contribution in [0, 0.1) is 6.92 Å². The van der Waals surface area contributed by atoms with Gasteiger partial charge in [-0.3, -0.25) is 0 Å². The molecule has 1 aliphatic rings. The first-order valence-electron chi connectivity index (χ1n) is 4.28. The van der Waals surface area contributed by atoms with Gasteiger partial charge in [-0.15, -0.1) is 0 Å². The Bertz CT molecular complexity index is 48.9. The fourth-order valence-electron chi connectivity index (χ4n) is 0.760. The summed E-state index contributed by atoms with van der Waals surface area (Å²) in [6.07, 6.45) is 6.21. The van der Waals surface area contributed by atoms with Crippen LogP contribution < -0.4 is 17.0 Å². The average Bonchev–Trinajstić information content (AvgIpc) is 2.44. The molecule has 0 radical (unpaired) electrons. The van der Waals surface area contributed by atoms with Crippen molar-refractivity contribution in [1.29, 1.82) is 0 Å². The molecule has 0 N–H and O–H groups in total. The Morgan fingerprint density at radius 2 is 1.75 bits per heavy atom. The molecular formula is C9H19BrMgO. The maximum Gasteiger partial charge on any atom is 2.00 e. The number of rotatable bonds is 2. The number of ether oxygens (including phenoxy) is 1. The summed E-state index contributed by atoms with van der Waals surface area (Å²) < 4.78 is 4.94. The molecule has 0 spiro atoms. The summed E-state index contributed by atoms with van der Waals surface area (Å²) in [4.78, 5) is 0. The molecule has 1 saturated heterocycles. The van der Waals surface area contributed by atoms with Gasteiger partial charge in [0.25, 0.3) is 0 Å². The first-order valence-corrected chi connectivity index (χ1v) is 4.28. The van der Waals surface area contributed by atoms with Crippen molar-refractivity contribution >= 4 is 23.1 Å². The van der Waals surface area contributed by atoms with E-state index >= 15 is 0 Å². The molecule has 0 aromatic carbocycles. The zero-order valence-electron chi connectivity index (χ0n) is 8.15. The summed E-state index contributed by atoms with van der Waals surface area (Å²) in [6, 6.07) is 0. The third-order valence-electron chi connectivity index (χ3n) is 1.43. The maximum atomic E-state index is 4.94. The molecule has 12 heavy (non-hydrogen) atoms. The summed E-state index contributed by atoms with van der Waals surface area (Å²) >= 11 is 0. The van der Waals surface area contributed by atoms with Gasteiger partial charge in [0.15, 0.2) is 0 Å². The van der Waals surface area contributed by atoms with E-state index in [0.717, 1.165) is 19.6 Å². The molecule has 1 aliphatic heterocycles. The summed E-state index contributed by atoms with van der Waals surface area (Å²) in [7, 11) is 0. The van der Waals surface area contributed by atoms with Crippen LogP contribution >= 0.6 is 0 Å². The molecule has 0 amide bonds. The zero-order valence-corrected chi connectivity index (χ0v) is 11.2. The quantitative estimate of drug-likeness (QED) is 0.469. The molecule has 1 rings (SSSR count). The Hall–Kier alpha value is 1.21. The number of halogens is 1. The molecule has 0 aromatic heterocycles. The van der Waals surface area contributed by atoms with E-state index in [1.165, 1.54) is 25.7 Å². The standard InChI is InChI=1S/C5H11.C4H8O.BrH.Mg/c1-3-5-4-2;1-2-4-5-3-1;;/h1,3-5H2,2H3;1-4H2;1H;/q-1;;;+2/p-1. The SMILES string of the molecule is C1CCOC1.[Br-].[CH2-]CCCC.[Mg+2]. The van der Waals surface area contributed by atoms with Gasteiger partial charge >= 0.3 is 23.1 Å². The molecular weight excluding hydrogens is 228 g/mol. The molecule has 70 valence electrons. The van der Waals surface area contributed by atoms with Crippen LogP contribution in [0.25, 0.3) is 0 Å². The van der Waals surface area contributed by atoms with Gasteiger partial charge in [-0.25, -0.2) is 0 Å². The normalized spacial score (nSPS) is 13.5. The van der Waals surface area contributed by atoms with E-state index in [4.69, 9.17) is 4.74 Å². The average molecular weight is 247 g/mol. The molecule has 1 heterocycles. The van der Waals surface area contributed by atoms with Crippen LogP contribution in [-0.2, 0) is 4.74 Å². The minimum atomic E-state index is 0. The van der Waals surface area contributed by atoms with Crippen LogP contribution in [0.3, 0.4) is 0 Å². The number of hydrogen-bond acceptors (Lipinski definition) is 1. The summed E-state index contributed by atoms with van der Waals surface area (Å²) in [5.74, 6) is 0. The van der Waals surface area contributed by atoms with E-state index in [1.54, 1.807) is 0 Å². The minimum absolute atomic E-state index is 0. The Labute approximate surface area is 104 Å². The van der Waals surface area contributed by atoms with E-state index in [9.17, 15) is 0 Å². The molecule has 3 heteroatoms. The predicted octanol–water partition coefficient (Wildman–Crippen LogP) is -0.569. The zero-order chi connectivity index (χ0) is 7.66. The Morgan fingerprint density at radius 3 is 1.83 bits per heavy atom. The maximum absolute atomic E-state index is 4.94. The third-order valence-corrected chi connectivity index (χ3v) is 1.43. The third kappa shape index (κ3) is 17.3.